The number of carbonyl (C=O) groups is 1. The summed E-state index contributed by atoms with van der Waals surface area (Å²) in [5, 5.41) is 0. The van der Waals surface area contributed by atoms with E-state index in [0.29, 0.717) is 18.4 Å². The number of nitrogens with zero attached hydrogens (tertiary/aromatic N) is 3. The molecule has 1 fully saturated rings. The predicted octanol–water partition coefficient (Wildman–Crippen LogP) is 7.35. The Balaban J connectivity index is 0.00000167. The summed E-state index contributed by atoms with van der Waals surface area (Å²) in [5.74, 6) is 2.27. The molecule has 1 amide bonds. The lowest BCUT2D eigenvalue weighted by atomic mass is 9.94. The van der Waals surface area contributed by atoms with Crippen molar-refractivity contribution in [3.8, 4) is 11.5 Å². The molecule has 1 aromatic heterocycles. The zero-order chi connectivity index (χ0) is 25.2. The molecular weight excluding hydrogens is 436 g/mol. The molecule has 0 saturated heterocycles. The minimum absolute atomic E-state index is 0.121. The summed E-state index contributed by atoms with van der Waals surface area (Å²) in [4.78, 5) is 19.6. The van der Waals surface area contributed by atoms with Gasteiger partial charge in [-0.05, 0) is 49.9 Å². The number of imidazole rings is 1. The zero-order valence-electron chi connectivity index (χ0n) is 21.9. The third-order valence-electron chi connectivity index (χ3n) is 6.86. The molecule has 1 aliphatic carbocycles. The Morgan fingerprint density at radius 3 is 2.49 bits per heavy atom. The number of ether oxygens (including phenoxy) is 1. The highest BCUT2D eigenvalue weighted by molar-refractivity contribution is 5.80. The molecule has 0 aliphatic heterocycles. The quantitative estimate of drug-likeness (QED) is 0.349. The molecule has 1 saturated carbocycles. The van der Waals surface area contributed by atoms with E-state index in [-0.39, 0.29) is 11.9 Å². The summed E-state index contributed by atoms with van der Waals surface area (Å²) in [6.45, 7) is 6.17. The maximum absolute atomic E-state index is 13.0. The largest absolute Gasteiger partial charge is 0.457 e. The van der Waals surface area contributed by atoms with Crippen LogP contribution in [0.4, 0.5) is 5.95 Å². The smallest absolute Gasteiger partial charge is 0.222 e. The number of aromatic nitrogens is 2. The fourth-order valence-corrected chi connectivity index (χ4v) is 5.04. The highest BCUT2D eigenvalue weighted by Crippen LogP contribution is 2.33. The monoisotopic (exact) mass is 478 g/mol. The van der Waals surface area contributed by atoms with Gasteiger partial charge in [0.15, 0.2) is 0 Å². The first-order valence-corrected chi connectivity index (χ1v) is 13.3. The first-order chi connectivity index (χ1) is 17.1. The third kappa shape index (κ3) is 6.77. The molecule has 3 aromatic rings. The average molecular weight is 479 g/mol. The van der Waals surface area contributed by atoms with Gasteiger partial charge in [0.05, 0.1) is 11.0 Å². The fraction of sp³-hybridized carbons (Fsp3) is 0.517. The van der Waals surface area contributed by atoms with Crippen molar-refractivity contribution in [2.75, 3.05) is 12.8 Å². The van der Waals surface area contributed by atoms with Crippen molar-refractivity contribution in [1.29, 1.82) is 0 Å². The first-order valence-electron chi connectivity index (χ1n) is 13.3. The number of nitrogens with two attached hydrogens (primary N) is 1. The van der Waals surface area contributed by atoms with Crippen LogP contribution in [0.1, 0.15) is 84.6 Å². The first kappa shape index (κ1) is 26.6. The summed E-state index contributed by atoms with van der Waals surface area (Å²) in [6, 6.07) is 16.1. The van der Waals surface area contributed by atoms with Gasteiger partial charge in [-0.3, -0.25) is 4.79 Å². The van der Waals surface area contributed by atoms with E-state index in [1.165, 1.54) is 19.3 Å². The van der Waals surface area contributed by atoms with E-state index >= 15 is 0 Å². The molecule has 35 heavy (non-hydrogen) atoms. The van der Waals surface area contributed by atoms with Crippen LogP contribution in [0.15, 0.2) is 48.5 Å². The Hall–Kier alpha value is -3.02. The molecule has 6 nitrogen and oxygen atoms in total. The van der Waals surface area contributed by atoms with E-state index in [9.17, 15) is 4.79 Å². The van der Waals surface area contributed by atoms with Gasteiger partial charge in [-0.25, -0.2) is 4.98 Å². The lowest BCUT2D eigenvalue weighted by molar-refractivity contribution is -0.132. The van der Waals surface area contributed by atoms with Gasteiger partial charge in [-0.1, -0.05) is 64.7 Å². The van der Waals surface area contributed by atoms with Crippen molar-refractivity contribution < 1.29 is 9.53 Å². The van der Waals surface area contributed by atoms with Crippen LogP contribution in [0.25, 0.3) is 11.0 Å². The molecule has 4 rings (SSSR count). The van der Waals surface area contributed by atoms with Crippen LogP contribution in [0.3, 0.4) is 0 Å². The number of para-hydroxylation sites is 1. The van der Waals surface area contributed by atoms with Gasteiger partial charge in [0.25, 0.3) is 0 Å². The van der Waals surface area contributed by atoms with Gasteiger partial charge in [0.2, 0.25) is 11.9 Å². The number of hydrogen-bond acceptors (Lipinski definition) is 4. The molecule has 0 spiro atoms. The van der Waals surface area contributed by atoms with Crippen molar-refractivity contribution in [3.05, 3.63) is 48.5 Å². The van der Waals surface area contributed by atoms with Crippen LogP contribution in [0.2, 0.25) is 0 Å². The Morgan fingerprint density at radius 2 is 1.80 bits per heavy atom. The van der Waals surface area contributed by atoms with Gasteiger partial charge >= 0.3 is 0 Å². The van der Waals surface area contributed by atoms with Crippen LogP contribution in [0.5, 0.6) is 11.5 Å². The number of anilines is 1. The highest BCUT2D eigenvalue weighted by atomic mass is 16.5. The molecule has 1 atom stereocenters. The number of hydrogen-bond donors (Lipinski definition) is 1. The topological polar surface area (TPSA) is 73.4 Å². The van der Waals surface area contributed by atoms with Gasteiger partial charge in [-0.15, -0.1) is 0 Å². The standard InChI is InChI=1S/C27H36N4O2.C2H6/c1-3-10-21(15-18-26(32)30(2)20-11-6-4-7-12-20)31-25-19-23(16-17-24(25)29-27(31)28)33-22-13-8-5-9-14-22;1-2/h5,8-9,13-14,16-17,19-21H,3-4,6-7,10-12,15,18H2,1-2H3,(H2,28,29);1-2H3. The molecule has 2 N–H and O–H groups in total. The van der Waals surface area contributed by atoms with Crippen LogP contribution in [-0.2, 0) is 4.79 Å². The van der Waals surface area contributed by atoms with E-state index in [1.807, 2.05) is 74.3 Å². The molecule has 1 unspecified atom stereocenters. The number of nitrogen functional groups attached to an aromatic ring is 1. The summed E-state index contributed by atoms with van der Waals surface area (Å²) in [6.07, 6.45) is 9.24. The molecule has 1 heterocycles. The Kier molecular flexibility index (Phi) is 10.0. The Bertz CT molecular complexity index is 1060. The SMILES string of the molecule is CC.CCCC(CCC(=O)N(C)C1CCCCC1)n1c(N)nc2ccc(Oc3ccccc3)cc21. The second kappa shape index (κ2) is 13.2. The van der Waals surface area contributed by atoms with Crippen LogP contribution < -0.4 is 10.5 Å². The minimum atomic E-state index is 0.121. The zero-order valence-corrected chi connectivity index (χ0v) is 21.9. The number of amides is 1. The summed E-state index contributed by atoms with van der Waals surface area (Å²) in [5.41, 5.74) is 8.18. The van der Waals surface area contributed by atoms with E-state index in [0.717, 1.165) is 54.6 Å². The highest BCUT2D eigenvalue weighted by Gasteiger charge is 2.24. The number of benzene rings is 2. The number of carbonyl (C=O) groups excluding carboxylic acids is 1. The van der Waals surface area contributed by atoms with E-state index in [2.05, 4.69) is 16.5 Å². The van der Waals surface area contributed by atoms with Crippen molar-refractivity contribution in [2.24, 2.45) is 0 Å². The van der Waals surface area contributed by atoms with Gasteiger partial charge in [-0.2, -0.15) is 0 Å². The fourth-order valence-electron chi connectivity index (χ4n) is 5.04. The predicted molar refractivity (Wildman–Crippen MR) is 145 cm³/mol. The van der Waals surface area contributed by atoms with Crippen LogP contribution in [-0.4, -0.2) is 33.4 Å². The second-order valence-corrected chi connectivity index (χ2v) is 9.18. The van der Waals surface area contributed by atoms with E-state index in [1.54, 1.807) is 0 Å². The number of rotatable bonds is 9. The van der Waals surface area contributed by atoms with E-state index in [4.69, 9.17) is 10.5 Å². The van der Waals surface area contributed by atoms with Crippen molar-refractivity contribution >= 4 is 22.9 Å². The maximum Gasteiger partial charge on any atom is 0.222 e. The summed E-state index contributed by atoms with van der Waals surface area (Å²) < 4.78 is 8.15. The molecule has 190 valence electrons. The number of fused-ring (bicyclic) bond motifs is 1. The van der Waals surface area contributed by atoms with Gasteiger partial charge < -0.3 is 19.9 Å². The molecule has 6 heteroatoms. The molecule has 0 radical (unpaired) electrons. The lowest BCUT2D eigenvalue weighted by Crippen LogP contribution is -2.38. The molecule has 0 bridgehead atoms. The van der Waals surface area contributed by atoms with Crippen LogP contribution in [0, 0.1) is 0 Å². The van der Waals surface area contributed by atoms with Crippen molar-refractivity contribution in [3.63, 3.8) is 0 Å². The molecular formula is C29H42N4O2. The van der Waals surface area contributed by atoms with Crippen molar-refractivity contribution in [2.45, 2.75) is 90.6 Å². The molecule has 1 aliphatic rings. The minimum Gasteiger partial charge on any atom is -0.457 e. The lowest BCUT2D eigenvalue weighted by Gasteiger charge is -2.32. The average Bonchev–Trinajstić information content (AvgIpc) is 3.23. The van der Waals surface area contributed by atoms with Crippen molar-refractivity contribution in [1.82, 2.24) is 14.5 Å². The van der Waals surface area contributed by atoms with Gasteiger partial charge in [0, 0.05) is 31.6 Å². The Labute approximate surface area is 210 Å². The second-order valence-electron chi connectivity index (χ2n) is 9.18. The Morgan fingerprint density at radius 1 is 1.09 bits per heavy atom. The van der Waals surface area contributed by atoms with Gasteiger partial charge in [0.1, 0.15) is 11.5 Å². The maximum atomic E-state index is 13.0. The normalized spacial score (nSPS) is 14.7. The summed E-state index contributed by atoms with van der Waals surface area (Å²) in [7, 11) is 1.97. The molecule has 2 aromatic carbocycles. The van der Waals surface area contributed by atoms with E-state index < -0.39 is 0 Å². The van der Waals surface area contributed by atoms with Crippen LogP contribution >= 0.6 is 0 Å². The summed E-state index contributed by atoms with van der Waals surface area (Å²) >= 11 is 0. The third-order valence-corrected chi connectivity index (χ3v) is 6.86.